The minimum atomic E-state index is -0.161. The standard InChI is InChI=1S/C22H27NO4/c1-22(2,3)16-7-9-18-15(10-16)11-17(27-18)13-23-21(24)14-6-8-19(25-4)20(12-14)26-5/h6-10,12,17H,11,13H2,1-5H3,(H,23,24)/t17-/m1/s1. The minimum Gasteiger partial charge on any atom is -0.493 e. The molecule has 3 rings (SSSR count). The number of carbonyl (C=O) groups excluding carboxylic acids is 1. The summed E-state index contributed by atoms with van der Waals surface area (Å²) in [5, 5.41) is 2.95. The first kappa shape index (κ1) is 19.1. The lowest BCUT2D eigenvalue weighted by Crippen LogP contribution is -2.34. The maximum absolute atomic E-state index is 12.5. The summed E-state index contributed by atoms with van der Waals surface area (Å²) in [6.07, 6.45) is 0.741. The Bertz CT molecular complexity index is 839. The largest absolute Gasteiger partial charge is 0.493 e. The number of nitrogens with one attached hydrogen (secondary N) is 1. The molecule has 0 bridgehead atoms. The zero-order valence-corrected chi connectivity index (χ0v) is 16.6. The van der Waals surface area contributed by atoms with Crippen LogP contribution in [0.3, 0.4) is 0 Å². The van der Waals surface area contributed by atoms with Crippen LogP contribution in [0.4, 0.5) is 0 Å². The fourth-order valence-corrected chi connectivity index (χ4v) is 3.19. The van der Waals surface area contributed by atoms with Crippen molar-refractivity contribution in [1.82, 2.24) is 5.32 Å². The highest BCUT2D eigenvalue weighted by Crippen LogP contribution is 2.33. The zero-order chi connectivity index (χ0) is 19.6. The van der Waals surface area contributed by atoms with Gasteiger partial charge in [-0.05, 0) is 40.8 Å². The molecule has 5 heteroatoms. The molecule has 144 valence electrons. The summed E-state index contributed by atoms with van der Waals surface area (Å²) in [6.45, 7) is 7.05. The van der Waals surface area contributed by atoms with Crippen molar-refractivity contribution in [3.8, 4) is 17.2 Å². The van der Waals surface area contributed by atoms with Crippen molar-refractivity contribution < 1.29 is 19.0 Å². The number of benzene rings is 2. The fraction of sp³-hybridized carbons (Fsp3) is 0.409. The van der Waals surface area contributed by atoms with Crippen molar-refractivity contribution in [2.24, 2.45) is 0 Å². The molecule has 1 aliphatic heterocycles. The number of fused-ring (bicyclic) bond motifs is 1. The van der Waals surface area contributed by atoms with Crippen LogP contribution in [0, 0.1) is 0 Å². The van der Waals surface area contributed by atoms with Gasteiger partial charge < -0.3 is 19.5 Å². The summed E-state index contributed by atoms with van der Waals surface area (Å²) >= 11 is 0. The van der Waals surface area contributed by atoms with E-state index in [-0.39, 0.29) is 17.4 Å². The molecule has 0 radical (unpaired) electrons. The minimum absolute atomic E-state index is 0.0562. The van der Waals surface area contributed by atoms with Crippen LogP contribution in [0.2, 0.25) is 0 Å². The van der Waals surface area contributed by atoms with Crippen LogP contribution < -0.4 is 19.5 Å². The predicted octanol–water partition coefficient (Wildman–Crippen LogP) is 3.73. The van der Waals surface area contributed by atoms with Crippen molar-refractivity contribution in [1.29, 1.82) is 0 Å². The molecule has 0 saturated heterocycles. The lowest BCUT2D eigenvalue weighted by atomic mass is 9.86. The Morgan fingerprint density at radius 3 is 2.52 bits per heavy atom. The zero-order valence-electron chi connectivity index (χ0n) is 16.6. The Balaban J connectivity index is 1.62. The van der Waals surface area contributed by atoms with Crippen LogP contribution in [-0.4, -0.2) is 32.8 Å². The highest BCUT2D eigenvalue weighted by atomic mass is 16.5. The first-order valence-electron chi connectivity index (χ1n) is 9.12. The molecule has 1 heterocycles. The molecule has 0 unspecified atom stereocenters. The molecule has 0 fully saturated rings. The molecule has 0 saturated carbocycles. The van der Waals surface area contributed by atoms with Crippen LogP contribution in [-0.2, 0) is 11.8 Å². The van der Waals surface area contributed by atoms with E-state index in [1.165, 1.54) is 11.1 Å². The summed E-state index contributed by atoms with van der Waals surface area (Å²) in [7, 11) is 3.12. The van der Waals surface area contributed by atoms with E-state index in [9.17, 15) is 4.79 Å². The smallest absolute Gasteiger partial charge is 0.251 e. The van der Waals surface area contributed by atoms with E-state index in [0.29, 0.717) is 23.6 Å². The SMILES string of the molecule is COc1ccc(C(=O)NC[C@H]2Cc3cc(C(C)(C)C)ccc3O2)cc1OC. The van der Waals surface area contributed by atoms with Gasteiger partial charge in [-0.3, -0.25) is 4.79 Å². The fourth-order valence-electron chi connectivity index (χ4n) is 3.19. The summed E-state index contributed by atoms with van der Waals surface area (Å²) in [6, 6.07) is 11.5. The van der Waals surface area contributed by atoms with Crippen LogP contribution >= 0.6 is 0 Å². The quantitative estimate of drug-likeness (QED) is 0.872. The van der Waals surface area contributed by atoms with Crippen LogP contribution in [0.5, 0.6) is 17.2 Å². The summed E-state index contributed by atoms with van der Waals surface area (Å²) in [4.78, 5) is 12.5. The van der Waals surface area contributed by atoms with Crippen molar-refractivity contribution in [3.05, 3.63) is 53.1 Å². The third kappa shape index (κ3) is 4.18. The number of hydrogen-bond acceptors (Lipinski definition) is 4. The maximum Gasteiger partial charge on any atom is 0.251 e. The van der Waals surface area contributed by atoms with E-state index in [1.807, 2.05) is 6.07 Å². The van der Waals surface area contributed by atoms with Gasteiger partial charge in [0.05, 0.1) is 20.8 Å². The van der Waals surface area contributed by atoms with Crippen molar-refractivity contribution in [3.63, 3.8) is 0 Å². The number of methoxy groups -OCH3 is 2. The van der Waals surface area contributed by atoms with Gasteiger partial charge in [-0.15, -0.1) is 0 Å². The van der Waals surface area contributed by atoms with Gasteiger partial charge in [0.2, 0.25) is 0 Å². The van der Waals surface area contributed by atoms with Gasteiger partial charge in [-0.2, -0.15) is 0 Å². The second-order valence-electron chi connectivity index (χ2n) is 7.80. The average molecular weight is 369 g/mol. The Labute approximate surface area is 160 Å². The van der Waals surface area contributed by atoms with Crippen molar-refractivity contribution in [2.45, 2.75) is 38.7 Å². The monoisotopic (exact) mass is 369 g/mol. The lowest BCUT2D eigenvalue weighted by Gasteiger charge is -2.19. The highest BCUT2D eigenvalue weighted by molar-refractivity contribution is 5.94. The molecule has 1 atom stereocenters. The number of amides is 1. The molecule has 5 nitrogen and oxygen atoms in total. The Kier molecular flexibility index (Phi) is 5.31. The van der Waals surface area contributed by atoms with Gasteiger partial charge in [0.1, 0.15) is 11.9 Å². The second kappa shape index (κ2) is 7.51. The maximum atomic E-state index is 12.5. The van der Waals surface area contributed by atoms with E-state index >= 15 is 0 Å². The Morgan fingerprint density at radius 1 is 1.11 bits per heavy atom. The number of carbonyl (C=O) groups is 1. The summed E-state index contributed by atoms with van der Waals surface area (Å²) in [5.41, 5.74) is 3.13. The molecule has 2 aromatic carbocycles. The first-order chi connectivity index (χ1) is 12.8. The molecule has 1 aliphatic rings. The molecule has 0 aliphatic carbocycles. The third-order valence-electron chi connectivity index (χ3n) is 4.80. The van der Waals surface area contributed by atoms with Gasteiger partial charge in [0, 0.05) is 12.0 Å². The normalized spacial score (nSPS) is 15.7. The summed E-state index contributed by atoms with van der Waals surface area (Å²) < 4.78 is 16.4. The Hall–Kier alpha value is -2.69. The van der Waals surface area contributed by atoms with E-state index in [4.69, 9.17) is 14.2 Å². The van der Waals surface area contributed by atoms with Gasteiger partial charge >= 0.3 is 0 Å². The molecule has 0 spiro atoms. The molecule has 1 amide bonds. The second-order valence-corrected chi connectivity index (χ2v) is 7.80. The number of hydrogen-bond donors (Lipinski definition) is 1. The highest BCUT2D eigenvalue weighted by Gasteiger charge is 2.25. The Morgan fingerprint density at radius 2 is 1.85 bits per heavy atom. The van der Waals surface area contributed by atoms with Crippen LogP contribution in [0.1, 0.15) is 42.3 Å². The van der Waals surface area contributed by atoms with Crippen LogP contribution in [0.25, 0.3) is 0 Å². The van der Waals surface area contributed by atoms with Crippen molar-refractivity contribution in [2.75, 3.05) is 20.8 Å². The molecule has 0 aromatic heterocycles. The predicted molar refractivity (Wildman–Crippen MR) is 105 cm³/mol. The van der Waals surface area contributed by atoms with E-state index < -0.39 is 0 Å². The molecule has 1 N–H and O–H groups in total. The lowest BCUT2D eigenvalue weighted by molar-refractivity contribution is 0.0933. The van der Waals surface area contributed by atoms with E-state index in [1.54, 1.807) is 32.4 Å². The molecular formula is C22H27NO4. The number of ether oxygens (including phenoxy) is 3. The van der Waals surface area contributed by atoms with E-state index in [0.717, 1.165) is 12.2 Å². The topological polar surface area (TPSA) is 56.8 Å². The van der Waals surface area contributed by atoms with Crippen LogP contribution in [0.15, 0.2) is 36.4 Å². The summed E-state index contributed by atoms with van der Waals surface area (Å²) in [5.74, 6) is 1.88. The molecular weight excluding hydrogens is 342 g/mol. The molecule has 27 heavy (non-hydrogen) atoms. The van der Waals surface area contributed by atoms with Gasteiger partial charge in [-0.1, -0.05) is 32.9 Å². The molecule has 2 aromatic rings. The van der Waals surface area contributed by atoms with Gasteiger partial charge in [0.15, 0.2) is 11.5 Å². The van der Waals surface area contributed by atoms with Gasteiger partial charge in [0.25, 0.3) is 5.91 Å². The third-order valence-corrected chi connectivity index (χ3v) is 4.80. The average Bonchev–Trinajstić information content (AvgIpc) is 3.06. The van der Waals surface area contributed by atoms with E-state index in [2.05, 4.69) is 38.2 Å². The van der Waals surface area contributed by atoms with Gasteiger partial charge in [-0.25, -0.2) is 0 Å². The first-order valence-corrected chi connectivity index (χ1v) is 9.12. The number of rotatable bonds is 5. The van der Waals surface area contributed by atoms with Crippen molar-refractivity contribution >= 4 is 5.91 Å².